The highest BCUT2D eigenvalue weighted by Crippen LogP contribution is 2.50. The summed E-state index contributed by atoms with van der Waals surface area (Å²) in [5, 5.41) is 7.74. The van der Waals surface area contributed by atoms with Crippen molar-refractivity contribution in [3.05, 3.63) is 194 Å². The lowest BCUT2D eigenvalue weighted by molar-refractivity contribution is 1.15. The molecule has 0 fully saturated rings. The van der Waals surface area contributed by atoms with Crippen molar-refractivity contribution in [2.24, 2.45) is 0 Å². The maximum absolute atomic E-state index is 2.61. The molecule has 1 heteroatoms. The van der Waals surface area contributed by atoms with E-state index in [1.165, 1.54) is 150 Å². The Labute approximate surface area is 363 Å². The number of nitrogens with zero attached hydrogens (tertiary/aromatic N) is 1. The third-order valence-electron chi connectivity index (χ3n) is 14.1. The molecule has 0 aromatic heterocycles. The normalized spacial score (nSPS) is 11.6. The van der Waals surface area contributed by atoms with Gasteiger partial charge in [-0.15, -0.1) is 0 Å². The van der Waals surface area contributed by atoms with Gasteiger partial charge in [-0.1, -0.05) is 109 Å². The van der Waals surface area contributed by atoms with Gasteiger partial charge in [0, 0.05) is 17.1 Å². The van der Waals surface area contributed by atoms with E-state index in [2.05, 4.69) is 215 Å². The van der Waals surface area contributed by atoms with Crippen LogP contribution in [0.5, 0.6) is 0 Å². The summed E-state index contributed by atoms with van der Waals surface area (Å²) in [6.07, 6.45) is 0. The fraction of sp³-hybridized carbons (Fsp3) is 0.200. The predicted octanol–water partition coefficient (Wildman–Crippen LogP) is 17.3. The fourth-order valence-electron chi connectivity index (χ4n) is 10.6. The largest absolute Gasteiger partial charge is 0.310 e. The summed E-state index contributed by atoms with van der Waals surface area (Å²) in [5.41, 5.74) is 27.3. The van der Waals surface area contributed by atoms with Gasteiger partial charge in [0.15, 0.2) is 0 Å². The Kier molecular flexibility index (Phi) is 9.99. The van der Waals surface area contributed by atoms with Crippen molar-refractivity contribution in [3.8, 4) is 33.4 Å². The van der Waals surface area contributed by atoms with Crippen LogP contribution in [-0.4, -0.2) is 0 Å². The first-order valence-electron chi connectivity index (χ1n) is 21.9. The van der Waals surface area contributed by atoms with Crippen LogP contribution in [-0.2, 0) is 0 Å². The lowest BCUT2D eigenvalue weighted by atomic mass is 9.84. The van der Waals surface area contributed by atoms with Gasteiger partial charge in [0.2, 0.25) is 0 Å². The second kappa shape index (κ2) is 15.2. The molecule has 0 N–H and O–H groups in total. The number of aryl methyl sites for hydroxylation is 6. The van der Waals surface area contributed by atoms with E-state index in [0.717, 1.165) is 0 Å². The Hall–Kier alpha value is -6.44. The van der Waals surface area contributed by atoms with Gasteiger partial charge in [0.05, 0.1) is 0 Å². The maximum atomic E-state index is 2.61. The Bertz CT molecular complexity index is 2920. The van der Waals surface area contributed by atoms with E-state index in [9.17, 15) is 0 Å². The van der Waals surface area contributed by atoms with Crippen LogP contribution in [0.3, 0.4) is 0 Å². The highest BCUT2D eigenvalue weighted by Gasteiger charge is 2.28. The summed E-state index contributed by atoms with van der Waals surface area (Å²) in [5.74, 6) is 0. The van der Waals surface area contributed by atoms with Crippen LogP contribution in [0.4, 0.5) is 17.1 Å². The fourth-order valence-corrected chi connectivity index (χ4v) is 10.6. The maximum Gasteiger partial charge on any atom is 0.0496 e. The van der Waals surface area contributed by atoms with Crippen LogP contribution in [0.2, 0.25) is 0 Å². The van der Waals surface area contributed by atoms with Crippen molar-refractivity contribution in [2.75, 3.05) is 4.90 Å². The molecule has 0 radical (unpaired) electrons. The molecule has 9 aromatic carbocycles. The number of rotatable bonds is 6. The minimum Gasteiger partial charge on any atom is -0.310 e. The van der Waals surface area contributed by atoms with E-state index in [4.69, 9.17) is 0 Å². The van der Waals surface area contributed by atoms with Crippen LogP contribution in [0, 0.1) is 83.1 Å². The van der Waals surface area contributed by atoms with E-state index >= 15 is 0 Å². The van der Waals surface area contributed by atoms with Gasteiger partial charge in [-0.2, -0.15) is 0 Å². The summed E-state index contributed by atoms with van der Waals surface area (Å²) in [6, 6.07) is 47.6. The molecule has 9 rings (SSSR count). The minimum atomic E-state index is 1.23. The number of fused-ring (bicyclic) bond motifs is 3. The summed E-state index contributed by atoms with van der Waals surface area (Å²) in [7, 11) is 0. The molecule has 302 valence electrons. The van der Waals surface area contributed by atoms with Crippen LogP contribution in [0.25, 0.3) is 65.7 Å². The molecule has 0 saturated carbocycles. The zero-order chi connectivity index (χ0) is 43.0. The van der Waals surface area contributed by atoms with Crippen LogP contribution < -0.4 is 4.90 Å². The summed E-state index contributed by atoms with van der Waals surface area (Å²) < 4.78 is 0. The quantitative estimate of drug-likeness (QED) is 0.162. The van der Waals surface area contributed by atoms with E-state index in [1.807, 2.05) is 0 Å². The predicted molar refractivity (Wildman–Crippen MR) is 267 cm³/mol. The number of hydrogen-bond donors (Lipinski definition) is 0. The average Bonchev–Trinajstić information content (AvgIpc) is 3.25. The van der Waals surface area contributed by atoms with Gasteiger partial charge >= 0.3 is 0 Å². The molecule has 0 aliphatic carbocycles. The molecule has 0 bridgehead atoms. The highest BCUT2D eigenvalue weighted by molar-refractivity contribution is 6.04. The lowest BCUT2D eigenvalue weighted by Crippen LogP contribution is -2.17. The second-order valence-corrected chi connectivity index (χ2v) is 17.8. The molecule has 0 amide bonds. The van der Waals surface area contributed by atoms with Crippen LogP contribution in [0.15, 0.2) is 127 Å². The van der Waals surface area contributed by atoms with E-state index in [-0.39, 0.29) is 0 Å². The van der Waals surface area contributed by atoms with E-state index in [1.54, 1.807) is 0 Å². The van der Waals surface area contributed by atoms with Crippen molar-refractivity contribution >= 4 is 49.4 Å². The summed E-state index contributed by atoms with van der Waals surface area (Å²) in [6.45, 7) is 27.8. The summed E-state index contributed by atoms with van der Waals surface area (Å²) in [4.78, 5) is 2.61. The zero-order valence-electron chi connectivity index (χ0n) is 38.1. The molecule has 0 unspecified atom stereocenters. The van der Waals surface area contributed by atoms with Crippen LogP contribution >= 0.6 is 0 Å². The molecule has 0 saturated heterocycles. The Morgan fingerprint density at radius 1 is 0.246 bits per heavy atom. The van der Waals surface area contributed by atoms with Gasteiger partial charge in [-0.25, -0.2) is 0 Å². The van der Waals surface area contributed by atoms with Gasteiger partial charge in [0.1, 0.15) is 0 Å². The molecule has 0 spiro atoms. The third kappa shape index (κ3) is 6.37. The first-order chi connectivity index (χ1) is 29.3. The number of benzene rings is 9. The SMILES string of the molecule is Cc1cc(N(c2cc(C)c(-c3c(C)ccc4ccccc34)c(C)c2C)c2cc(C)c(-c3c(C)ccc4ccccc34)c(C)c2C)c(C)c(C)c1-c1c(C)ccc2ccccc12. The molecule has 1 nitrogen and oxygen atoms in total. The molecular weight excluding hydrogens is 735 g/mol. The van der Waals surface area contributed by atoms with Crippen LogP contribution in [0.1, 0.15) is 66.8 Å². The lowest BCUT2D eigenvalue weighted by Gasteiger charge is -2.34. The van der Waals surface area contributed by atoms with Gasteiger partial charge in [0.25, 0.3) is 0 Å². The molecule has 0 atom stereocenters. The summed E-state index contributed by atoms with van der Waals surface area (Å²) >= 11 is 0. The highest BCUT2D eigenvalue weighted by atomic mass is 15.1. The van der Waals surface area contributed by atoms with Crippen molar-refractivity contribution < 1.29 is 0 Å². The molecule has 0 aliphatic rings. The number of hydrogen-bond acceptors (Lipinski definition) is 1. The molecule has 61 heavy (non-hydrogen) atoms. The average molecular weight is 792 g/mol. The zero-order valence-corrected chi connectivity index (χ0v) is 38.1. The van der Waals surface area contributed by atoms with Gasteiger partial charge in [-0.05, 0) is 234 Å². The topological polar surface area (TPSA) is 3.24 Å². The van der Waals surface area contributed by atoms with Crippen molar-refractivity contribution in [3.63, 3.8) is 0 Å². The van der Waals surface area contributed by atoms with E-state index < -0.39 is 0 Å². The second-order valence-electron chi connectivity index (χ2n) is 17.8. The first-order valence-corrected chi connectivity index (χ1v) is 21.9. The van der Waals surface area contributed by atoms with E-state index in [0.29, 0.717) is 0 Å². The van der Waals surface area contributed by atoms with Gasteiger partial charge in [-0.3, -0.25) is 0 Å². The smallest absolute Gasteiger partial charge is 0.0496 e. The minimum absolute atomic E-state index is 1.23. The molecule has 9 aromatic rings. The standard InChI is InChI=1S/C60H57N/c1-34-25-28-46-19-13-16-22-49(46)58(34)55-37(4)31-52(40(7)43(55)10)61(53-32-38(5)56(44(11)41(53)8)59-35(2)26-29-47-20-14-17-23-50(47)59)54-33-39(6)57(45(12)42(54)9)60-36(3)27-30-48-21-15-18-24-51(48)60/h13-33H,1-12H3. The van der Waals surface area contributed by atoms with Crippen molar-refractivity contribution in [2.45, 2.75) is 83.1 Å². The molecular formula is C60H57N. The van der Waals surface area contributed by atoms with Gasteiger partial charge < -0.3 is 4.90 Å². The number of anilines is 3. The Balaban J connectivity index is 1.34. The Morgan fingerprint density at radius 3 is 0.787 bits per heavy atom. The molecule has 0 aliphatic heterocycles. The van der Waals surface area contributed by atoms with Crippen molar-refractivity contribution in [1.29, 1.82) is 0 Å². The first kappa shape index (κ1) is 40.0. The van der Waals surface area contributed by atoms with Crippen molar-refractivity contribution in [1.82, 2.24) is 0 Å². The monoisotopic (exact) mass is 791 g/mol. The Morgan fingerprint density at radius 2 is 0.508 bits per heavy atom. The molecule has 0 heterocycles. The third-order valence-corrected chi connectivity index (χ3v) is 14.1.